The summed E-state index contributed by atoms with van der Waals surface area (Å²) in [5.41, 5.74) is 0.742. The predicted octanol–water partition coefficient (Wildman–Crippen LogP) is 2.82. The van der Waals surface area contributed by atoms with E-state index in [-0.39, 0.29) is 24.4 Å². The number of carbonyl (C=O) groups excluding carboxylic acids is 1. The molecule has 1 amide bonds. The fraction of sp³-hybridized carbons (Fsp3) is 0.533. The van der Waals surface area contributed by atoms with Gasteiger partial charge in [-0.15, -0.1) is 12.4 Å². The Labute approximate surface area is 121 Å². The highest BCUT2D eigenvalue weighted by atomic mass is 35.5. The van der Waals surface area contributed by atoms with E-state index in [2.05, 4.69) is 10.6 Å². The van der Waals surface area contributed by atoms with Gasteiger partial charge in [0.1, 0.15) is 0 Å². The van der Waals surface area contributed by atoms with Crippen LogP contribution in [0.2, 0.25) is 0 Å². The second kappa shape index (κ2) is 6.92. The van der Waals surface area contributed by atoms with Gasteiger partial charge in [-0.25, -0.2) is 0 Å². The Bertz CT molecular complexity index is 402. The third kappa shape index (κ3) is 3.95. The van der Waals surface area contributed by atoms with Gasteiger partial charge in [-0.05, 0) is 45.2 Å². The normalized spacial score (nSPS) is 24.1. The summed E-state index contributed by atoms with van der Waals surface area (Å²) < 4.78 is 0. The zero-order valence-corrected chi connectivity index (χ0v) is 12.4. The zero-order valence-electron chi connectivity index (χ0n) is 11.6. The molecule has 3 nitrogen and oxygen atoms in total. The number of hydrogen-bond donors (Lipinski definition) is 2. The molecule has 1 fully saturated rings. The van der Waals surface area contributed by atoms with E-state index in [9.17, 15) is 4.79 Å². The highest BCUT2D eigenvalue weighted by Gasteiger charge is 2.34. The van der Waals surface area contributed by atoms with Gasteiger partial charge in [0.2, 0.25) is 5.91 Å². The van der Waals surface area contributed by atoms with Crippen molar-refractivity contribution in [2.24, 2.45) is 0 Å². The lowest BCUT2D eigenvalue weighted by molar-refractivity contribution is -0.128. The van der Waals surface area contributed by atoms with Gasteiger partial charge in [0.15, 0.2) is 0 Å². The number of piperidine rings is 1. The van der Waals surface area contributed by atoms with E-state index in [0.29, 0.717) is 0 Å². The van der Waals surface area contributed by atoms with E-state index >= 15 is 0 Å². The Hall–Kier alpha value is -1.06. The molecule has 2 rings (SSSR count). The first-order chi connectivity index (χ1) is 8.62. The smallest absolute Gasteiger partial charge is 0.240 e. The fourth-order valence-electron chi connectivity index (χ4n) is 2.43. The maximum atomic E-state index is 12.3. The second-order valence-corrected chi connectivity index (χ2v) is 5.32. The Kier molecular flexibility index (Phi) is 5.83. The SMILES string of the molecule is CC(NC(=O)C1(C)CCCCN1)c1ccccc1.Cl. The van der Waals surface area contributed by atoms with Crippen LogP contribution >= 0.6 is 12.4 Å². The molecule has 1 aromatic rings. The molecule has 1 aliphatic heterocycles. The molecule has 0 aromatic heterocycles. The van der Waals surface area contributed by atoms with Crippen molar-refractivity contribution in [3.8, 4) is 0 Å². The molecule has 106 valence electrons. The minimum Gasteiger partial charge on any atom is -0.348 e. The largest absolute Gasteiger partial charge is 0.348 e. The van der Waals surface area contributed by atoms with Crippen LogP contribution in [0.1, 0.15) is 44.7 Å². The minimum atomic E-state index is -0.401. The van der Waals surface area contributed by atoms with E-state index in [4.69, 9.17) is 0 Å². The maximum absolute atomic E-state index is 12.3. The highest BCUT2D eigenvalue weighted by molar-refractivity contribution is 5.86. The van der Waals surface area contributed by atoms with Crippen LogP contribution in [-0.2, 0) is 4.79 Å². The maximum Gasteiger partial charge on any atom is 0.240 e. The molecule has 2 atom stereocenters. The predicted molar refractivity (Wildman–Crippen MR) is 80.5 cm³/mol. The Morgan fingerprint density at radius 3 is 2.58 bits per heavy atom. The van der Waals surface area contributed by atoms with Crippen molar-refractivity contribution in [3.63, 3.8) is 0 Å². The lowest BCUT2D eigenvalue weighted by atomic mass is 9.89. The van der Waals surface area contributed by atoms with Crippen LogP contribution < -0.4 is 10.6 Å². The Morgan fingerprint density at radius 2 is 2.00 bits per heavy atom. The average Bonchev–Trinajstić information content (AvgIpc) is 2.40. The molecule has 2 N–H and O–H groups in total. The van der Waals surface area contributed by atoms with Crippen LogP contribution in [0.15, 0.2) is 30.3 Å². The molecule has 4 heteroatoms. The third-order valence-corrected chi connectivity index (χ3v) is 3.77. The van der Waals surface area contributed by atoms with Crippen molar-refractivity contribution >= 4 is 18.3 Å². The fourth-order valence-corrected chi connectivity index (χ4v) is 2.43. The number of hydrogen-bond acceptors (Lipinski definition) is 2. The van der Waals surface area contributed by atoms with Gasteiger partial charge in [-0.2, -0.15) is 0 Å². The minimum absolute atomic E-state index is 0. The van der Waals surface area contributed by atoms with E-state index in [0.717, 1.165) is 31.4 Å². The third-order valence-electron chi connectivity index (χ3n) is 3.77. The average molecular weight is 283 g/mol. The second-order valence-electron chi connectivity index (χ2n) is 5.32. The molecule has 1 aliphatic rings. The van der Waals surface area contributed by atoms with Gasteiger partial charge >= 0.3 is 0 Å². The van der Waals surface area contributed by atoms with Crippen molar-refractivity contribution in [3.05, 3.63) is 35.9 Å². The summed E-state index contributed by atoms with van der Waals surface area (Å²) in [5, 5.41) is 6.44. The van der Waals surface area contributed by atoms with Crippen LogP contribution in [0, 0.1) is 0 Å². The molecule has 0 spiro atoms. The monoisotopic (exact) mass is 282 g/mol. The molecule has 1 saturated heterocycles. The molecule has 0 radical (unpaired) electrons. The van der Waals surface area contributed by atoms with Crippen molar-refractivity contribution in [2.45, 2.75) is 44.7 Å². The lowest BCUT2D eigenvalue weighted by Gasteiger charge is -2.34. The van der Waals surface area contributed by atoms with Crippen molar-refractivity contribution < 1.29 is 4.79 Å². The molecule has 0 saturated carbocycles. The summed E-state index contributed by atoms with van der Waals surface area (Å²) in [6, 6.07) is 10.1. The van der Waals surface area contributed by atoms with Gasteiger partial charge in [0, 0.05) is 0 Å². The summed E-state index contributed by atoms with van der Waals surface area (Å²) >= 11 is 0. The number of benzene rings is 1. The summed E-state index contributed by atoms with van der Waals surface area (Å²) in [5.74, 6) is 0.110. The topological polar surface area (TPSA) is 41.1 Å². The van der Waals surface area contributed by atoms with Gasteiger partial charge < -0.3 is 10.6 Å². The number of nitrogens with one attached hydrogen (secondary N) is 2. The molecule has 0 aliphatic carbocycles. The summed E-state index contributed by atoms with van der Waals surface area (Å²) in [7, 11) is 0. The van der Waals surface area contributed by atoms with Crippen LogP contribution in [0.4, 0.5) is 0 Å². The van der Waals surface area contributed by atoms with Crippen LogP contribution in [-0.4, -0.2) is 18.0 Å². The standard InChI is InChI=1S/C15H22N2O.ClH/c1-12(13-8-4-3-5-9-13)17-14(18)15(2)10-6-7-11-16-15;/h3-5,8-9,12,16H,6-7,10-11H2,1-2H3,(H,17,18);1H. The van der Waals surface area contributed by atoms with E-state index in [1.165, 1.54) is 0 Å². The van der Waals surface area contributed by atoms with Crippen molar-refractivity contribution in [1.82, 2.24) is 10.6 Å². The molecular formula is C15H23ClN2O. The van der Waals surface area contributed by atoms with Crippen LogP contribution in [0.5, 0.6) is 0 Å². The van der Waals surface area contributed by atoms with E-state index in [1.807, 2.05) is 44.2 Å². The molecular weight excluding hydrogens is 260 g/mol. The number of amides is 1. The van der Waals surface area contributed by atoms with Crippen LogP contribution in [0.25, 0.3) is 0 Å². The zero-order chi connectivity index (χ0) is 13.0. The quantitative estimate of drug-likeness (QED) is 0.895. The number of halogens is 1. The highest BCUT2D eigenvalue weighted by Crippen LogP contribution is 2.20. The van der Waals surface area contributed by atoms with Crippen molar-refractivity contribution in [2.75, 3.05) is 6.54 Å². The number of rotatable bonds is 3. The first-order valence-corrected chi connectivity index (χ1v) is 6.73. The summed E-state index contributed by atoms with van der Waals surface area (Å²) in [6.45, 7) is 4.96. The Morgan fingerprint density at radius 1 is 1.32 bits per heavy atom. The van der Waals surface area contributed by atoms with E-state index in [1.54, 1.807) is 0 Å². The van der Waals surface area contributed by atoms with E-state index < -0.39 is 5.54 Å². The van der Waals surface area contributed by atoms with Crippen LogP contribution in [0.3, 0.4) is 0 Å². The van der Waals surface area contributed by atoms with Crippen molar-refractivity contribution in [1.29, 1.82) is 0 Å². The van der Waals surface area contributed by atoms with Gasteiger partial charge in [-0.1, -0.05) is 30.3 Å². The van der Waals surface area contributed by atoms with Gasteiger partial charge in [-0.3, -0.25) is 4.79 Å². The Balaban J connectivity index is 0.00000180. The summed E-state index contributed by atoms with van der Waals surface area (Å²) in [6.07, 6.45) is 3.20. The summed E-state index contributed by atoms with van der Waals surface area (Å²) in [4.78, 5) is 12.3. The molecule has 2 unspecified atom stereocenters. The number of carbonyl (C=O) groups is 1. The lowest BCUT2D eigenvalue weighted by Crippen LogP contribution is -2.57. The van der Waals surface area contributed by atoms with Gasteiger partial charge in [0.05, 0.1) is 11.6 Å². The first kappa shape index (κ1) is 16.0. The molecule has 1 aromatic carbocycles. The first-order valence-electron chi connectivity index (χ1n) is 6.73. The molecule has 19 heavy (non-hydrogen) atoms. The molecule has 1 heterocycles. The van der Waals surface area contributed by atoms with Gasteiger partial charge in [0.25, 0.3) is 0 Å². The molecule has 0 bridgehead atoms.